The molecule has 2 N–H and O–H groups in total. The van der Waals surface area contributed by atoms with E-state index in [0.717, 1.165) is 41.3 Å². The maximum absolute atomic E-state index is 6.54. The maximum atomic E-state index is 6.54. The molecule has 4 heteroatoms. The molecule has 0 aromatic heterocycles. The molecule has 0 atom stereocenters. The molecule has 0 amide bonds. The number of ether oxygens (including phenoxy) is 1. The molecule has 0 spiro atoms. The number of hydrazine groups is 1. The van der Waals surface area contributed by atoms with Gasteiger partial charge >= 0.3 is 0 Å². The summed E-state index contributed by atoms with van der Waals surface area (Å²) in [6.07, 6.45) is 3.81. The lowest BCUT2D eigenvalue weighted by atomic mass is 10.0. The first kappa shape index (κ1) is 18.4. The Morgan fingerprint density at radius 3 is 2.04 bits per heavy atom. The average Bonchev–Trinajstić information content (AvgIpc) is 2.79. The van der Waals surface area contributed by atoms with Crippen molar-refractivity contribution in [3.8, 4) is 16.9 Å². The predicted octanol–water partition coefficient (Wildman–Crippen LogP) is 5.36. The Morgan fingerprint density at radius 1 is 0.786 bits per heavy atom. The minimum absolute atomic E-state index is 0.864. The lowest BCUT2D eigenvalue weighted by Crippen LogP contribution is -2.33. The highest BCUT2D eigenvalue weighted by molar-refractivity contribution is 5.77. The number of methoxy groups -OCH3 is 1. The molecule has 4 nitrogen and oxygen atoms in total. The highest BCUT2D eigenvalue weighted by Crippen LogP contribution is 2.34. The van der Waals surface area contributed by atoms with Crippen LogP contribution in [-0.2, 0) is 0 Å². The molecule has 0 bridgehead atoms. The molecule has 1 aliphatic heterocycles. The molecule has 144 valence electrons. The summed E-state index contributed by atoms with van der Waals surface area (Å²) < 4.78 is 5.24. The van der Waals surface area contributed by atoms with E-state index < -0.39 is 0 Å². The van der Waals surface area contributed by atoms with Gasteiger partial charge in [-0.15, -0.1) is 0 Å². The van der Waals surface area contributed by atoms with E-state index in [1.54, 1.807) is 12.1 Å². The third-order valence-electron chi connectivity index (χ3n) is 5.41. The fourth-order valence-electron chi connectivity index (χ4n) is 3.81. The molecule has 1 heterocycles. The van der Waals surface area contributed by atoms with Crippen LogP contribution in [0.3, 0.4) is 0 Å². The molecule has 3 aromatic rings. The molecule has 1 saturated heterocycles. The van der Waals surface area contributed by atoms with Gasteiger partial charge in [0.2, 0.25) is 0 Å². The van der Waals surface area contributed by atoms with E-state index in [4.69, 9.17) is 10.6 Å². The van der Waals surface area contributed by atoms with Crippen molar-refractivity contribution in [1.82, 2.24) is 0 Å². The van der Waals surface area contributed by atoms with Gasteiger partial charge < -0.3 is 9.64 Å². The number of para-hydroxylation sites is 2. The minimum Gasteiger partial charge on any atom is -0.497 e. The van der Waals surface area contributed by atoms with Crippen LogP contribution in [0.15, 0.2) is 72.8 Å². The first-order valence-corrected chi connectivity index (χ1v) is 9.89. The van der Waals surface area contributed by atoms with Crippen molar-refractivity contribution in [3.63, 3.8) is 0 Å². The Hall–Kier alpha value is -2.98. The van der Waals surface area contributed by atoms with Crippen molar-refractivity contribution in [1.29, 1.82) is 0 Å². The van der Waals surface area contributed by atoms with E-state index in [1.165, 1.54) is 24.9 Å². The highest BCUT2D eigenvalue weighted by Gasteiger charge is 2.17. The zero-order valence-corrected chi connectivity index (χ0v) is 16.3. The van der Waals surface area contributed by atoms with Crippen LogP contribution in [0.1, 0.15) is 19.3 Å². The van der Waals surface area contributed by atoms with Crippen LogP contribution in [0.25, 0.3) is 11.1 Å². The maximum Gasteiger partial charge on any atom is 0.118 e. The molecule has 0 radical (unpaired) electrons. The normalized spacial score (nSPS) is 14.0. The number of nitrogens with zero attached hydrogens (tertiary/aromatic N) is 2. The summed E-state index contributed by atoms with van der Waals surface area (Å²) in [4.78, 5) is 2.45. The van der Waals surface area contributed by atoms with Gasteiger partial charge in [-0.1, -0.05) is 36.4 Å². The number of piperidine rings is 1. The Balaban J connectivity index is 1.57. The van der Waals surface area contributed by atoms with Gasteiger partial charge in [0.25, 0.3) is 0 Å². The molecule has 28 heavy (non-hydrogen) atoms. The molecular formula is C24H27N3O. The summed E-state index contributed by atoms with van der Waals surface area (Å²) in [5, 5.41) is 1.79. The Kier molecular flexibility index (Phi) is 5.49. The number of rotatable bonds is 5. The molecule has 1 fully saturated rings. The van der Waals surface area contributed by atoms with Crippen LogP contribution in [0.2, 0.25) is 0 Å². The fraction of sp³-hybridized carbons (Fsp3) is 0.250. The van der Waals surface area contributed by atoms with Crippen LogP contribution >= 0.6 is 0 Å². The second kappa shape index (κ2) is 8.36. The number of nitrogens with two attached hydrogens (primary N) is 1. The van der Waals surface area contributed by atoms with Gasteiger partial charge in [-0.25, -0.2) is 5.84 Å². The number of hydrogen-bond donors (Lipinski definition) is 1. The smallest absolute Gasteiger partial charge is 0.118 e. The molecule has 0 aliphatic carbocycles. The van der Waals surface area contributed by atoms with Crippen LogP contribution in [0, 0.1) is 0 Å². The molecule has 1 aliphatic rings. The van der Waals surface area contributed by atoms with Gasteiger partial charge in [-0.05, 0) is 66.8 Å². The average molecular weight is 374 g/mol. The van der Waals surface area contributed by atoms with Crippen molar-refractivity contribution in [2.45, 2.75) is 19.3 Å². The number of benzene rings is 3. The quantitative estimate of drug-likeness (QED) is 0.483. The standard InChI is InChI=1S/C24H27N3O/c1-28-22-15-11-20(12-16-22)19-9-13-21(14-10-19)27(25)24-8-4-3-7-23(24)26-17-5-2-6-18-26/h3-4,7-16H,2,5-6,17-18,25H2,1H3. The predicted molar refractivity (Wildman–Crippen MR) is 117 cm³/mol. The zero-order chi connectivity index (χ0) is 19.3. The van der Waals surface area contributed by atoms with Crippen molar-refractivity contribution in [2.75, 3.05) is 30.1 Å². The monoisotopic (exact) mass is 373 g/mol. The largest absolute Gasteiger partial charge is 0.497 e. The van der Waals surface area contributed by atoms with Gasteiger partial charge in [-0.2, -0.15) is 0 Å². The van der Waals surface area contributed by atoms with Crippen LogP contribution in [0.5, 0.6) is 5.75 Å². The van der Waals surface area contributed by atoms with Gasteiger partial charge in [0.05, 0.1) is 24.2 Å². The fourth-order valence-corrected chi connectivity index (χ4v) is 3.81. The van der Waals surface area contributed by atoms with E-state index in [-0.39, 0.29) is 0 Å². The summed E-state index contributed by atoms with van der Waals surface area (Å²) >= 11 is 0. The Bertz CT molecular complexity index is 900. The second-order valence-corrected chi connectivity index (χ2v) is 7.18. The third-order valence-corrected chi connectivity index (χ3v) is 5.41. The first-order chi connectivity index (χ1) is 13.8. The van der Waals surface area contributed by atoms with Gasteiger partial charge in [0.1, 0.15) is 5.75 Å². The number of anilines is 3. The molecule has 0 saturated carbocycles. The summed E-state index contributed by atoms with van der Waals surface area (Å²) in [6.45, 7) is 2.20. The lowest BCUT2D eigenvalue weighted by molar-refractivity contribution is 0.415. The van der Waals surface area contributed by atoms with E-state index >= 15 is 0 Å². The topological polar surface area (TPSA) is 41.7 Å². The van der Waals surface area contributed by atoms with Crippen molar-refractivity contribution in [3.05, 3.63) is 72.8 Å². The van der Waals surface area contributed by atoms with Crippen LogP contribution in [-0.4, -0.2) is 20.2 Å². The van der Waals surface area contributed by atoms with Crippen LogP contribution in [0.4, 0.5) is 17.1 Å². The van der Waals surface area contributed by atoms with E-state index in [0.29, 0.717) is 0 Å². The van der Waals surface area contributed by atoms with Crippen LogP contribution < -0.4 is 20.5 Å². The molecular weight excluding hydrogens is 346 g/mol. The molecule has 0 unspecified atom stereocenters. The summed E-state index contributed by atoms with van der Waals surface area (Å²) in [5.41, 5.74) is 5.54. The Labute approximate surface area is 167 Å². The summed E-state index contributed by atoms with van der Waals surface area (Å²) in [6, 6.07) is 24.9. The van der Waals surface area contributed by atoms with Gasteiger partial charge in [-0.3, -0.25) is 5.01 Å². The second-order valence-electron chi connectivity index (χ2n) is 7.18. The summed E-state index contributed by atoms with van der Waals surface area (Å²) in [7, 11) is 1.68. The van der Waals surface area contributed by atoms with E-state index in [1.807, 2.05) is 18.2 Å². The zero-order valence-electron chi connectivity index (χ0n) is 16.3. The van der Waals surface area contributed by atoms with E-state index in [2.05, 4.69) is 59.5 Å². The lowest BCUT2D eigenvalue weighted by Gasteiger charge is -2.32. The molecule has 3 aromatic carbocycles. The Morgan fingerprint density at radius 2 is 1.39 bits per heavy atom. The third kappa shape index (κ3) is 3.82. The summed E-state index contributed by atoms with van der Waals surface area (Å²) in [5.74, 6) is 7.40. The van der Waals surface area contributed by atoms with Crippen molar-refractivity contribution < 1.29 is 4.74 Å². The SMILES string of the molecule is COc1ccc(-c2ccc(N(N)c3ccccc3N3CCCCC3)cc2)cc1. The van der Waals surface area contributed by atoms with Crippen molar-refractivity contribution in [2.24, 2.45) is 5.84 Å². The highest BCUT2D eigenvalue weighted by atomic mass is 16.5. The van der Waals surface area contributed by atoms with Gasteiger partial charge in [0, 0.05) is 13.1 Å². The molecule has 4 rings (SSSR count). The minimum atomic E-state index is 0.864. The van der Waals surface area contributed by atoms with Gasteiger partial charge in [0.15, 0.2) is 0 Å². The van der Waals surface area contributed by atoms with Crippen molar-refractivity contribution >= 4 is 17.1 Å². The van der Waals surface area contributed by atoms with E-state index in [9.17, 15) is 0 Å². The number of hydrogen-bond acceptors (Lipinski definition) is 4. The first-order valence-electron chi connectivity index (χ1n) is 9.89.